The molecule has 44 heavy (non-hydrogen) atoms. The minimum absolute atomic E-state index is 0.153. The van der Waals surface area contributed by atoms with Crippen molar-refractivity contribution < 1.29 is 47.5 Å². The van der Waals surface area contributed by atoms with E-state index >= 15 is 0 Å². The summed E-state index contributed by atoms with van der Waals surface area (Å²) in [6.07, 6.45) is 23.6. The van der Waals surface area contributed by atoms with Crippen LogP contribution < -0.4 is 5.73 Å². The lowest BCUT2D eigenvalue weighted by molar-refractivity contribution is -0.161. The number of phosphoric ester groups is 1. The van der Waals surface area contributed by atoms with Gasteiger partial charge in [-0.25, -0.2) is 4.57 Å². The molecule has 0 saturated heterocycles. The molecule has 0 saturated carbocycles. The largest absolute Gasteiger partial charge is 0.480 e. The molecule has 0 heterocycles. The van der Waals surface area contributed by atoms with Crippen molar-refractivity contribution in [3.05, 3.63) is 12.2 Å². The van der Waals surface area contributed by atoms with E-state index in [2.05, 4.69) is 30.5 Å². The zero-order chi connectivity index (χ0) is 32.9. The quantitative estimate of drug-likeness (QED) is 0.0296. The minimum Gasteiger partial charge on any atom is -0.480 e. The summed E-state index contributed by atoms with van der Waals surface area (Å²) in [4.78, 5) is 45.1. The monoisotopic (exact) mass is 649 g/mol. The number of carbonyl (C=O) groups excluding carboxylic acids is 2. The molecule has 258 valence electrons. The van der Waals surface area contributed by atoms with Crippen LogP contribution in [0.25, 0.3) is 0 Å². The molecule has 0 aromatic heterocycles. The number of phosphoric acid groups is 1. The third-order valence-electron chi connectivity index (χ3n) is 7.01. The Morgan fingerprint density at radius 2 is 1.14 bits per heavy atom. The number of carboxylic acid groups (broad SMARTS) is 1. The van der Waals surface area contributed by atoms with Crippen molar-refractivity contribution in [2.45, 2.75) is 154 Å². The van der Waals surface area contributed by atoms with Gasteiger partial charge < -0.3 is 25.2 Å². The van der Waals surface area contributed by atoms with E-state index in [0.717, 1.165) is 57.8 Å². The summed E-state index contributed by atoms with van der Waals surface area (Å²) in [6.45, 7) is 2.61. The molecule has 0 aliphatic heterocycles. The molecular formula is C32H60NO10P. The van der Waals surface area contributed by atoms with Gasteiger partial charge in [-0.2, -0.15) is 0 Å². The van der Waals surface area contributed by atoms with E-state index in [1.165, 1.54) is 44.9 Å². The molecule has 11 nitrogen and oxygen atoms in total. The lowest BCUT2D eigenvalue weighted by atomic mass is 10.1. The molecule has 0 amide bonds. The molecule has 0 aromatic carbocycles. The van der Waals surface area contributed by atoms with E-state index < -0.39 is 51.1 Å². The molecule has 3 atom stereocenters. The van der Waals surface area contributed by atoms with Crippen molar-refractivity contribution in [2.24, 2.45) is 5.73 Å². The van der Waals surface area contributed by atoms with Crippen LogP contribution in [0.1, 0.15) is 142 Å². The summed E-state index contributed by atoms with van der Waals surface area (Å²) in [7, 11) is -4.69. The molecule has 4 N–H and O–H groups in total. The number of rotatable bonds is 31. The first kappa shape index (κ1) is 42.2. The Hall–Kier alpha value is -1.78. The van der Waals surface area contributed by atoms with Crippen LogP contribution in [-0.4, -0.2) is 59.9 Å². The first-order valence-corrected chi connectivity index (χ1v) is 18.2. The van der Waals surface area contributed by atoms with Gasteiger partial charge in [0, 0.05) is 12.8 Å². The van der Waals surface area contributed by atoms with Crippen LogP contribution in [0, 0.1) is 0 Å². The lowest BCUT2D eigenvalue weighted by Gasteiger charge is -2.20. The predicted molar refractivity (Wildman–Crippen MR) is 171 cm³/mol. The molecule has 0 fully saturated rings. The molecule has 3 unspecified atom stereocenters. The van der Waals surface area contributed by atoms with Gasteiger partial charge in [0.2, 0.25) is 0 Å². The summed E-state index contributed by atoms with van der Waals surface area (Å²) in [5.41, 5.74) is 5.28. The van der Waals surface area contributed by atoms with Crippen LogP contribution in [0.5, 0.6) is 0 Å². The van der Waals surface area contributed by atoms with Crippen molar-refractivity contribution in [1.82, 2.24) is 0 Å². The number of carbonyl (C=O) groups is 3. The number of unbranched alkanes of at least 4 members (excludes halogenated alkanes) is 15. The number of allylic oxidation sites excluding steroid dienone is 2. The minimum atomic E-state index is -4.69. The molecule has 0 aromatic rings. The Morgan fingerprint density at radius 3 is 1.68 bits per heavy atom. The van der Waals surface area contributed by atoms with Gasteiger partial charge in [-0.1, -0.05) is 103 Å². The van der Waals surface area contributed by atoms with Crippen LogP contribution in [0.3, 0.4) is 0 Å². The molecule has 0 bridgehead atoms. The van der Waals surface area contributed by atoms with Crippen molar-refractivity contribution in [3.8, 4) is 0 Å². The highest BCUT2D eigenvalue weighted by Gasteiger charge is 2.28. The first-order chi connectivity index (χ1) is 21.1. The molecule has 0 rings (SSSR count). The number of nitrogens with two attached hydrogens (primary N) is 1. The summed E-state index contributed by atoms with van der Waals surface area (Å²) in [5, 5.41) is 8.79. The second-order valence-electron chi connectivity index (χ2n) is 11.3. The first-order valence-electron chi connectivity index (χ1n) is 16.7. The Bertz CT molecular complexity index is 823. The van der Waals surface area contributed by atoms with E-state index in [1.807, 2.05) is 0 Å². The van der Waals surface area contributed by atoms with Crippen molar-refractivity contribution >= 4 is 25.7 Å². The van der Waals surface area contributed by atoms with Gasteiger partial charge in [0.25, 0.3) is 0 Å². The number of hydrogen-bond acceptors (Lipinski definition) is 9. The number of hydrogen-bond donors (Lipinski definition) is 3. The summed E-state index contributed by atoms with van der Waals surface area (Å²) in [5.74, 6) is -2.41. The summed E-state index contributed by atoms with van der Waals surface area (Å²) in [6, 6.07) is -1.52. The number of ether oxygens (including phenoxy) is 2. The highest BCUT2D eigenvalue weighted by Crippen LogP contribution is 2.43. The van der Waals surface area contributed by atoms with Crippen LogP contribution in [0.15, 0.2) is 12.2 Å². The smallest absolute Gasteiger partial charge is 0.472 e. The molecular weight excluding hydrogens is 589 g/mol. The van der Waals surface area contributed by atoms with Crippen LogP contribution in [-0.2, 0) is 37.5 Å². The lowest BCUT2D eigenvalue weighted by Crippen LogP contribution is -2.34. The Labute approximate surface area is 265 Å². The number of carboxylic acids is 1. The molecule has 0 aliphatic rings. The second-order valence-corrected chi connectivity index (χ2v) is 12.8. The summed E-state index contributed by atoms with van der Waals surface area (Å²) >= 11 is 0. The number of aliphatic carboxylic acids is 1. The maximum absolute atomic E-state index is 12.4. The van der Waals surface area contributed by atoms with Gasteiger partial charge in [0.05, 0.1) is 13.2 Å². The average Bonchev–Trinajstić information content (AvgIpc) is 2.99. The normalized spacial score (nSPS) is 14.3. The van der Waals surface area contributed by atoms with E-state index in [0.29, 0.717) is 12.8 Å². The van der Waals surface area contributed by atoms with Crippen LogP contribution in [0.4, 0.5) is 0 Å². The highest BCUT2D eigenvalue weighted by molar-refractivity contribution is 7.47. The SMILES string of the molecule is CCCCCCCCC/C=C\CCCCCCCC(=O)OC(COC(=O)CCCCCC)COP(=O)(O)OCC(N)C(=O)O. The fourth-order valence-corrected chi connectivity index (χ4v) is 5.07. The van der Waals surface area contributed by atoms with Crippen molar-refractivity contribution in [2.75, 3.05) is 19.8 Å². The zero-order valence-corrected chi connectivity index (χ0v) is 28.2. The van der Waals surface area contributed by atoms with E-state index in [9.17, 15) is 23.8 Å². The van der Waals surface area contributed by atoms with Crippen LogP contribution >= 0.6 is 7.82 Å². The highest BCUT2D eigenvalue weighted by atomic mass is 31.2. The molecule has 0 aliphatic carbocycles. The zero-order valence-electron chi connectivity index (χ0n) is 27.3. The van der Waals surface area contributed by atoms with Gasteiger partial charge in [0.1, 0.15) is 12.6 Å². The van der Waals surface area contributed by atoms with E-state index in [1.54, 1.807) is 0 Å². The molecule has 0 spiro atoms. The van der Waals surface area contributed by atoms with E-state index in [4.69, 9.17) is 24.8 Å². The van der Waals surface area contributed by atoms with Crippen molar-refractivity contribution in [3.63, 3.8) is 0 Å². The third-order valence-corrected chi connectivity index (χ3v) is 7.96. The van der Waals surface area contributed by atoms with Gasteiger partial charge in [0.15, 0.2) is 6.10 Å². The van der Waals surface area contributed by atoms with Crippen molar-refractivity contribution in [1.29, 1.82) is 0 Å². The molecule has 0 radical (unpaired) electrons. The van der Waals surface area contributed by atoms with Gasteiger partial charge >= 0.3 is 25.7 Å². The predicted octanol–water partition coefficient (Wildman–Crippen LogP) is 7.38. The maximum atomic E-state index is 12.4. The standard InChI is InChI=1S/C32H60NO10P/c1-3-5-7-9-10-11-12-13-14-15-16-17-18-19-20-22-24-31(35)43-28(25-40-30(34)23-21-8-6-4-2)26-41-44(38,39)42-27-29(33)32(36)37/h14-15,28-29H,3-13,16-27,33H2,1-2H3,(H,36,37)(H,38,39)/b15-14-. The van der Waals surface area contributed by atoms with Gasteiger partial charge in [-0.05, 0) is 38.5 Å². The Kier molecular flexibility index (Phi) is 27.5. The number of esters is 2. The second kappa shape index (κ2) is 28.7. The van der Waals surface area contributed by atoms with Gasteiger partial charge in [-0.15, -0.1) is 0 Å². The summed E-state index contributed by atoms with van der Waals surface area (Å²) < 4.78 is 32.2. The third kappa shape index (κ3) is 27.7. The average molecular weight is 650 g/mol. The topological polar surface area (TPSA) is 172 Å². The fourth-order valence-electron chi connectivity index (χ4n) is 4.29. The fraction of sp³-hybridized carbons (Fsp3) is 0.844. The Balaban J connectivity index is 4.34. The molecule has 12 heteroatoms. The van der Waals surface area contributed by atoms with E-state index in [-0.39, 0.29) is 19.4 Å². The van der Waals surface area contributed by atoms with Gasteiger partial charge in [-0.3, -0.25) is 23.4 Å². The maximum Gasteiger partial charge on any atom is 0.472 e. The van der Waals surface area contributed by atoms with Crippen LogP contribution in [0.2, 0.25) is 0 Å². The Morgan fingerprint density at radius 1 is 0.682 bits per heavy atom.